The van der Waals surface area contributed by atoms with E-state index >= 15 is 0 Å². The second-order valence-corrected chi connectivity index (χ2v) is 9.70. The minimum atomic E-state index is -0.751. The van der Waals surface area contributed by atoms with E-state index in [1.807, 2.05) is 6.07 Å². The first-order valence-corrected chi connectivity index (χ1v) is 11.6. The van der Waals surface area contributed by atoms with Crippen LogP contribution in [0.25, 0.3) is 10.4 Å². The number of aliphatic hydroxyl groups excluding tert-OH is 1. The maximum absolute atomic E-state index is 13.2. The topological polar surface area (TPSA) is 57.2 Å². The van der Waals surface area contributed by atoms with Gasteiger partial charge in [0.1, 0.15) is 30.2 Å². The Labute approximate surface area is 189 Å². The molecule has 0 spiro atoms. The van der Waals surface area contributed by atoms with Gasteiger partial charge in [-0.2, -0.15) is 0 Å². The molecule has 1 aromatic heterocycles. The number of fused-ring (bicyclic) bond motifs is 6. The third kappa shape index (κ3) is 3.61. The Bertz CT molecular complexity index is 1120. The zero-order valence-electron chi connectivity index (χ0n) is 17.4. The first-order chi connectivity index (χ1) is 15.5. The lowest BCUT2D eigenvalue weighted by Crippen LogP contribution is -2.65. The summed E-state index contributed by atoms with van der Waals surface area (Å²) in [5.41, 5.74) is 4.31. The normalized spacial score (nSPS) is 28.8. The Balaban J connectivity index is 1.23. The first kappa shape index (κ1) is 20.5. The van der Waals surface area contributed by atoms with Crippen LogP contribution in [0.2, 0.25) is 0 Å². The molecule has 6 rings (SSSR count). The van der Waals surface area contributed by atoms with Crippen LogP contribution in [0, 0.1) is 12.7 Å². The van der Waals surface area contributed by atoms with Gasteiger partial charge in [-0.05, 0) is 53.3 Å². The molecular formula is C24H22BFO5S. The first-order valence-electron chi connectivity index (χ1n) is 10.8. The molecule has 0 radical (unpaired) electrons. The van der Waals surface area contributed by atoms with Crippen molar-refractivity contribution in [1.29, 1.82) is 0 Å². The number of aliphatic hydroxyl groups is 1. The van der Waals surface area contributed by atoms with Crippen LogP contribution in [0.4, 0.5) is 4.39 Å². The molecule has 0 saturated carbocycles. The van der Waals surface area contributed by atoms with Gasteiger partial charge in [-0.15, -0.1) is 11.3 Å². The van der Waals surface area contributed by atoms with E-state index in [9.17, 15) is 9.50 Å². The van der Waals surface area contributed by atoms with E-state index in [4.69, 9.17) is 18.8 Å². The molecule has 0 aliphatic carbocycles. The number of rotatable bonds is 4. The summed E-state index contributed by atoms with van der Waals surface area (Å²) in [5.74, 6) is -0.229. The fourth-order valence-electron chi connectivity index (χ4n) is 4.60. The molecule has 3 aromatic rings. The SMILES string of the molecule is Cc1ccc(B2OC3[C@@H]4OC[C@@H](O4)C(O2)[C@@H]3O)cc1Cc1ccc(-c2ccc(F)cc2)s1. The van der Waals surface area contributed by atoms with Crippen LogP contribution in [-0.4, -0.2) is 49.5 Å². The van der Waals surface area contributed by atoms with Crippen molar-refractivity contribution in [1.82, 2.24) is 0 Å². The summed E-state index contributed by atoms with van der Waals surface area (Å²) in [6.07, 6.45) is -1.79. The van der Waals surface area contributed by atoms with Crippen LogP contribution in [0.5, 0.6) is 0 Å². The Morgan fingerprint density at radius 2 is 1.88 bits per heavy atom. The van der Waals surface area contributed by atoms with E-state index in [-0.39, 0.29) is 11.9 Å². The molecule has 3 saturated heterocycles. The monoisotopic (exact) mass is 452 g/mol. The maximum Gasteiger partial charge on any atom is 0.494 e. The van der Waals surface area contributed by atoms with Crippen LogP contribution >= 0.6 is 11.3 Å². The van der Waals surface area contributed by atoms with Gasteiger partial charge in [-0.1, -0.05) is 30.3 Å². The van der Waals surface area contributed by atoms with E-state index in [0.29, 0.717) is 6.61 Å². The number of benzene rings is 2. The summed E-state index contributed by atoms with van der Waals surface area (Å²) in [6.45, 7) is 2.50. The lowest BCUT2D eigenvalue weighted by molar-refractivity contribution is -0.243. The van der Waals surface area contributed by atoms with Gasteiger partial charge >= 0.3 is 7.12 Å². The molecule has 5 atom stereocenters. The lowest BCUT2D eigenvalue weighted by Gasteiger charge is -2.44. The number of hydrogen-bond acceptors (Lipinski definition) is 6. The number of thiophene rings is 1. The second kappa shape index (κ2) is 8.06. The highest BCUT2D eigenvalue weighted by atomic mass is 32.1. The van der Waals surface area contributed by atoms with Crippen LogP contribution in [0.1, 0.15) is 16.0 Å². The Morgan fingerprint density at radius 3 is 2.72 bits per heavy atom. The van der Waals surface area contributed by atoms with E-state index < -0.39 is 31.7 Å². The number of hydrogen-bond donors (Lipinski definition) is 1. The molecule has 0 amide bonds. The van der Waals surface area contributed by atoms with Gasteiger partial charge in [0.15, 0.2) is 6.29 Å². The maximum atomic E-state index is 13.2. The zero-order valence-corrected chi connectivity index (χ0v) is 18.3. The summed E-state index contributed by atoms with van der Waals surface area (Å²) in [7, 11) is -0.568. The van der Waals surface area contributed by atoms with E-state index in [0.717, 1.165) is 22.3 Å². The predicted octanol–water partition coefficient (Wildman–Crippen LogP) is 3.05. The van der Waals surface area contributed by atoms with Crippen LogP contribution in [0.3, 0.4) is 0 Å². The Morgan fingerprint density at radius 1 is 1.06 bits per heavy atom. The van der Waals surface area contributed by atoms with Crippen molar-refractivity contribution in [2.24, 2.45) is 0 Å². The Hall–Kier alpha value is -2.07. The third-order valence-electron chi connectivity index (χ3n) is 6.40. The van der Waals surface area contributed by atoms with Crippen molar-refractivity contribution in [3.8, 4) is 10.4 Å². The number of aryl methyl sites for hydroxylation is 1. The summed E-state index contributed by atoms with van der Waals surface area (Å²) in [4.78, 5) is 2.34. The van der Waals surface area contributed by atoms with Crippen molar-refractivity contribution >= 4 is 23.9 Å². The zero-order chi connectivity index (χ0) is 21.8. The smallest absolute Gasteiger partial charge is 0.399 e. The summed E-state index contributed by atoms with van der Waals surface area (Å²) in [5, 5.41) is 10.5. The molecule has 3 fully saturated rings. The minimum absolute atomic E-state index is 0.229. The molecular weight excluding hydrogens is 430 g/mol. The summed E-state index contributed by atoms with van der Waals surface area (Å²) in [6, 6.07) is 17.0. The van der Waals surface area contributed by atoms with Gasteiger partial charge in [0.25, 0.3) is 0 Å². The van der Waals surface area contributed by atoms with Crippen LogP contribution in [0.15, 0.2) is 54.6 Å². The van der Waals surface area contributed by atoms with Crippen molar-refractivity contribution < 1.29 is 28.3 Å². The molecule has 5 nitrogen and oxygen atoms in total. The molecule has 8 heteroatoms. The second-order valence-electron chi connectivity index (χ2n) is 8.54. The van der Waals surface area contributed by atoms with Crippen molar-refractivity contribution in [3.05, 3.63) is 76.4 Å². The van der Waals surface area contributed by atoms with Crippen LogP contribution in [-0.2, 0) is 25.2 Å². The molecule has 1 N–H and O–H groups in total. The van der Waals surface area contributed by atoms with Crippen molar-refractivity contribution in [3.63, 3.8) is 0 Å². The highest BCUT2D eigenvalue weighted by Crippen LogP contribution is 2.36. The molecule has 164 valence electrons. The molecule has 4 bridgehead atoms. The fourth-order valence-corrected chi connectivity index (χ4v) is 5.63. The third-order valence-corrected chi connectivity index (χ3v) is 7.54. The summed E-state index contributed by atoms with van der Waals surface area (Å²) < 4.78 is 36.7. The largest absolute Gasteiger partial charge is 0.494 e. The lowest BCUT2D eigenvalue weighted by atomic mass is 9.74. The minimum Gasteiger partial charge on any atom is -0.399 e. The molecule has 32 heavy (non-hydrogen) atoms. The van der Waals surface area contributed by atoms with E-state index in [2.05, 4.69) is 31.2 Å². The molecule has 2 aromatic carbocycles. The van der Waals surface area contributed by atoms with Crippen molar-refractivity contribution in [2.75, 3.05) is 6.61 Å². The number of ether oxygens (including phenoxy) is 2. The van der Waals surface area contributed by atoms with Crippen molar-refractivity contribution in [2.45, 2.75) is 44.1 Å². The van der Waals surface area contributed by atoms with Crippen LogP contribution < -0.4 is 5.46 Å². The average Bonchev–Trinajstić information content (AvgIpc) is 3.44. The molecule has 2 unspecified atom stereocenters. The summed E-state index contributed by atoms with van der Waals surface area (Å²) >= 11 is 1.71. The number of halogens is 1. The van der Waals surface area contributed by atoms with E-state index in [1.54, 1.807) is 23.5 Å². The molecule has 3 aliphatic rings. The molecule has 3 aliphatic heterocycles. The van der Waals surface area contributed by atoms with Gasteiger partial charge in [0.05, 0.1) is 6.61 Å². The fraction of sp³-hybridized carbons (Fsp3) is 0.333. The molecule has 4 heterocycles. The van der Waals surface area contributed by atoms with E-state index in [1.165, 1.54) is 28.1 Å². The predicted molar refractivity (Wildman–Crippen MR) is 119 cm³/mol. The Kier molecular flexibility index (Phi) is 5.17. The van der Waals surface area contributed by atoms with Gasteiger partial charge in [0, 0.05) is 16.2 Å². The average molecular weight is 452 g/mol. The van der Waals surface area contributed by atoms with Gasteiger partial charge in [-0.3, -0.25) is 0 Å². The van der Waals surface area contributed by atoms with Gasteiger partial charge in [-0.25, -0.2) is 4.39 Å². The highest BCUT2D eigenvalue weighted by molar-refractivity contribution is 7.15. The quantitative estimate of drug-likeness (QED) is 0.617. The standard InChI is InChI=1S/C24H22BFO5S/c1-13-2-5-16(25-30-22-19-12-28-24(29-19)23(31-25)21(22)27)10-15(13)11-18-8-9-20(32-18)14-3-6-17(26)7-4-14/h2-10,19,21-24,27H,11-12H2,1H3/t19-,21+,22?,23?,24-/m1/s1. The van der Waals surface area contributed by atoms with Gasteiger partial charge in [0.2, 0.25) is 0 Å². The highest BCUT2D eigenvalue weighted by Gasteiger charge is 2.57. The van der Waals surface area contributed by atoms with Gasteiger partial charge < -0.3 is 23.9 Å².